The molecule has 10 heteroatoms. The number of aryl methyl sites for hydroxylation is 1. The Morgan fingerprint density at radius 1 is 1.19 bits per heavy atom. The minimum atomic E-state index is -0.577. The topological polar surface area (TPSA) is 112 Å². The van der Waals surface area contributed by atoms with Gasteiger partial charge in [-0.05, 0) is 47.9 Å². The largest absolute Gasteiger partial charge is 0.477 e. The molecule has 1 N–H and O–H groups in total. The maximum Gasteiger partial charge on any atom is 0.311 e. The highest BCUT2D eigenvalue weighted by Crippen LogP contribution is 2.39. The Morgan fingerprint density at radius 3 is 2.49 bits per heavy atom. The number of rotatable bonds is 9. The average Bonchev–Trinajstić information content (AvgIpc) is 3.10. The minimum Gasteiger partial charge on any atom is -0.477 e. The van der Waals surface area contributed by atoms with E-state index in [4.69, 9.17) is 16.3 Å². The van der Waals surface area contributed by atoms with Crippen molar-refractivity contribution in [3.8, 4) is 11.4 Å². The van der Waals surface area contributed by atoms with Crippen LogP contribution in [0.15, 0.2) is 53.6 Å². The lowest BCUT2D eigenvalue weighted by atomic mass is 9.72. The SMILES string of the molecule is Cc1nn(-c2ccccc2)c(Cl)c1/C=N/NC(=O)COc1ccc(C(C)(C)CC(C)(C)C)cc1[N+](=O)[O-]. The molecule has 1 aromatic heterocycles. The number of carbonyl (C=O) groups excluding carboxylic acids is 1. The van der Waals surface area contributed by atoms with Crippen molar-refractivity contribution in [2.75, 3.05) is 6.61 Å². The highest BCUT2D eigenvalue weighted by molar-refractivity contribution is 6.32. The Labute approximate surface area is 221 Å². The molecular formula is C27H32ClN5O4. The van der Waals surface area contributed by atoms with E-state index in [0.29, 0.717) is 16.4 Å². The molecule has 0 aliphatic heterocycles. The van der Waals surface area contributed by atoms with Crippen molar-refractivity contribution in [3.05, 3.63) is 80.6 Å². The van der Waals surface area contributed by atoms with E-state index in [-0.39, 0.29) is 22.3 Å². The average molecular weight is 526 g/mol. The summed E-state index contributed by atoms with van der Waals surface area (Å²) in [6, 6.07) is 14.2. The van der Waals surface area contributed by atoms with E-state index in [2.05, 4.69) is 50.2 Å². The van der Waals surface area contributed by atoms with Gasteiger partial charge in [0.05, 0.1) is 28.1 Å². The smallest absolute Gasteiger partial charge is 0.311 e. The number of hydrogen-bond donors (Lipinski definition) is 1. The molecule has 0 radical (unpaired) electrons. The number of hydrogen-bond acceptors (Lipinski definition) is 6. The number of halogens is 1. The third-order valence-electron chi connectivity index (χ3n) is 5.70. The van der Waals surface area contributed by atoms with Gasteiger partial charge in [0.15, 0.2) is 12.4 Å². The summed E-state index contributed by atoms with van der Waals surface area (Å²) >= 11 is 6.46. The van der Waals surface area contributed by atoms with E-state index in [9.17, 15) is 14.9 Å². The predicted octanol–water partition coefficient (Wildman–Crippen LogP) is 5.99. The van der Waals surface area contributed by atoms with Crippen molar-refractivity contribution in [2.24, 2.45) is 10.5 Å². The van der Waals surface area contributed by atoms with E-state index < -0.39 is 17.4 Å². The highest BCUT2D eigenvalue weighted by Gasteiger charge is 2.30. The monoisotopic (exact) mass is 525 g/mol. The lowest BCUT2D eigenvalue weighted by molar-refractivity contribution is -0.385. The first-order valence-corrected chi connectivity index (χ1v) is 12.2. The molecule has 3 rings (SSSR count). The normalized spacial score (nSPS) is 12.1. The summed E-state index contributed by atoms with van der Waals surface area (Å²) in [4.78, 5) is 23.5. The lowest BCUT2D eigenvalue weighted by Gasteiger charge is -2.33. The molecule has 0 aliphatic rings. The third-order valence-corrected chi connectivity index (χ3v) is 6.06. The van der Waals surface area contributed by atoms with Gasteiger partial charge in [0.25, 0.3) is 5.91 Å². The number of carbonyl (C=O) groups is 1. The molecule has 0 saturated heterocycles. The van der Waals surface area contributed by atoms with Crippen LogP contribution in [0.5, 0.6) is 5.75 Å². The second kappa shape index (κ2) is 11.1. The molecule has 196 valence electrons. The zero-order valence-corrected chi connectivity index (χ0v) is 22.7. The first-order chi connectivity index (χ1) is 17.3. The summed E-state index contributed by atoms with van der Waals surface area (Å²) in [5, 5.41) is 20.4. The van der Waals surface area contributed by atoms with Crippen LogP contribution in [-0.4, -0.2) is 33.4 Å². The maximum absolute atomic E-state index is 12.3. The lowest BCUT2D eigenvalue weighted by Crippen LogP contribution is -2.26. The predicted molar refractivity (Wildman–Crippen MR) is 145 cm³/mol. The molecule has 3 aromatic rings. The molecule has 9 nitrogen and oxygen atoms in total. The van der Waals surface area contributed by atoms with Crippen molar-refractivity contribution < 1.29 is 14.5 Å². The maximum atomic E-state index is 12.3. The van der Waals surface area contributed by atoms with Gasteiger partial charge in [-0.15, -0.1) is 0 Å². The number of benzene rings is 2. The second-order valence-electron chi connectivity index (χ2n) is 10.7. The van der Waals surface area contributed by atoms with Crippen LogP contribution >= 0.6 is 11.6 Å². The summed E-state index contributed by atoms with van der Waals surface area (Å²) in [5.41, 5.74) is 4.75. The molecule has 0 aliphatic carbocycles. The van der Waals surface area contributed by atoms with Crippen LogP contribution in [0.4, 0.5) is 5.69 Å². The van der Waals surface area contributed by atoms with Gasteiger partial charge in [-0.3, -0.25) is 14.9 Å². The number of nitrogens with zero attached hydrogens (tertiary/aromatic N) is 4. The molecule has 1 heterocycles. The summed E-state index contributed by atoms with van der Waals surface area (Å²) in [5.74, 6) is -0.561. The van der Waals surface area contributed by atoms with E-state index in [0.717, 1.165) is 17.7 Å². The summed E-state index contributed by atoms with van der Waals surface area (Å²) < 4.78 is 7.05. The number of para-hydroxylation sites is 1. The van der Waals surface area contributed by atoms with Gasteiger partial charge in [-0.2, -0.15) is 10.2 Å². The molecule has 0 atom stereocenters. The van der Waals surface area contributed by atoms with Gasteiger partial charge >= 0.3 is 5.69 Å². The number of amides is 1. The van der Waals surface area contributed by atoms with Crippen molar-refractivity contribution >= 4 is 29.4 Å². The van der Waals surface area contributed by atoms with Gasteiger partial charge in [0, 0.05) is 6.07 Å². The highest BCUT2D eigenvalue weighted by atomic mass is 35.5. The quantitative estimate of drug-likeness (QED) is 0.209. The zero-order chi connectivity index (χ0) is 27.4. The molecule has 0 fully saturated rings. The number of ether oxygens (including phenoxy) is 1. The molecule has 0 saturated carbocycles. The van der Waals surface area contributed by atoms with Crippen LogP contribution in [0.25, 0.3) is 5.69 Å². The van der Waals surface area contributed by atoms with Crippen molar-refractivity contribution in [1.82, 2.24) is 15.2 Å². The molecule has 0 spiro atoms. The Kier molecular flexibility index (Phi) is 8.38. The fourth-order valence-electron chi connectivity index (χ4n) is 4.37. The van der Waals surface area contributed by atoms with Crippen molar-refractivity contribution in [2.45, 2.75) is 53.4 Å². The van der Waals surface area contributed by atoms with Crippen LogP contribution in [0.1, 0.15) is 57.9 Å². The molecule has 1 amide bonds. The van der Waals surface area contributed by atoms with Gasteiger partial charge < -0.3 is 4.74 Å². The zero-order valence-electron chi connectivity index (χ0n) is 21.9. The second-order valence-corrected chi connectivity index (χ2v) is 11.0. The molecule has 37 heavy (non-hydrogen) atoms. The first kappa shape index (κ1) is 27.9. The summed E-state index contributed by atoms with van der Waals surface area (Å²) in [6.45, 7) is 11.8. The Hall–Kier alpha value is -3.72. The van der Waals surface area contributed by atoms with E-state index >= 15 is 0 Å². The molecule has 0 unspecified atom stereocenters. The van der Waals surface area contributed by atoms with Gasteiger partial charge in [0.2, 0.25) is 0 Å². The third kappa shape index (κ3) is 7.16. The van der Waals surface area contributed by atoms with E-state index in [1.165, 1.54) is 18.3 Å². The Balaban J connectivity index is 1.66. The number of nitro groups is 1. The minimum absolute atomic E-state index is 0.0162. The van der Waals surface area contributed by atoms with Gasteiger partial charge in [0.1, 0.15) is 5.15 Å². The fraction of sp³-hybridized carbons (Fsp3) is 0.370. The van der Waals surface area contributed by atoms with E-state index in [1.807, 2.05) is 30.3 Å². The summed E-state index contributed by atoms with van der Waals surface area (Å²) in [6.07, 6.45) is 2.24. The number of nitrogens with one attached hydrogen (secondary N) is 1. The van der Waals surface area contributed by atoms with Crippen molar-refractivity contribution in [1.29, 1.82) is 0 Å². The fourth-order valence-corrected chi connectivity index (χ4v) is 4.69. The number of hydrazone groups is 1. The number of aromatic nitrogens is 2. The van der Waals surface area contributed by atoms with Crippen LogP contribution in [0.2, 0.25) is 5.15 Å². The molecular weight excluding hydrogens is 494 g/mol. The van der Waals surface area contributed by atoms with Crippen molar-refractivity contribution in [3.63, 3.8) is 0 Å². The van der Waals surface area contributed by atoms with Crippen LogP contribution in [0, 0.1) is 22.5 Å². The standard InChI is InChI=1S/C27H32ClN5O4/c1-18-21(25(28)32(31-18)20-10-8-7-9-11-20)15-29-30-24(34)16-37-23-13-12-19(14-22(23)33(35)36)27(5,6)17-26(2,3)4/h7-15H,16-17H2,1-6H3,(H,30,34)/b29-15+. The van der Waals surface area contributed by atoms with Gasteiger partial charge in [-0.25, -0.2) is 10.1 Å². The van der Waals surface area contributed by atoms with Crippen LogP contribution in [0.3, 0.4) is 0 Å². The summed E-state index contributed by atoms with van der Waals surface area (Å²) in [7, 11) is 0. The molecule has 2 aromatic carbocycles. The molecule has 0 bridgehead atoms. The Morgan fingerprint density at radius 2 is 1.86 bits per heavy atom. The van der Waals surface area contributed by atoms with Crippen LogP contribution in [-0.2, 0) is 10.2 Å². The number of nitro benzene ring substituents is 1. The van der Waals surface area contributed by atoms with Gasteiger partial charge in [-0.1, -0.05) is 70.5 Å². The Bertz CT molecular complexity index is 1310. The van der Waals surface area contributed by atoms with E-state index in [1.54, 1.807) is 17.7 Å². The van der Waals surface area contributed by atoms with Crippen LogP contribution < -0.4 is 10.2 Å². The first-order valence-electron chi connectivity index (χ1n) is 11.8.